The molecule has 10 N–H and O–H groups in total. The molecule has 0 aromatic carbocycles. The average Bonchev–Trinajstić information content (AvgIpc) is 3.31. The van der Waals surface area contributed by atoms with Crippen LogP contribution in [0.25, 0.3) is 0 Å². The van der Waals surface area contributed by atoms with Gasteiger partial charge in [0, 0.05) is 12.8 Å². The van der Waals surface area contributed by atoms with Crippen LogP contribution in [0.2, 0.25) is 0 Å². The molecule has 0 saturated carbocycles. The Balaban J connectivity index is 2.25. The number of hydrogen-bond acceptors (Lipinski definition) is 14. The van der Waals surface area contributed by atoms with E-state index in [2.05, 4.69) is 13.8 Å². The van der Waals surface area contributed by atoms with Crippen molar-refractivity contribution in [3.63, 3.8) is 0 Å². The zero-order valence-corrected chi connectivity index (χ0v) is 40.6. The van der Waals surface area contributed by atoms with Gasteiger partial charge in [-0.25, -0.2) is 0 Å². The predicted molar refractivity (Wildman–Crippen MR) is 251 cm³/mol. The number of carbonyl (C=O) groups is 2. The molecule has 2 saturated heterocycles. The van der Waals surface area contributed by atoms with E-state index in [1.54, 1.807) is 0 Å². The summed E-state index contributed by atoms with van der Waals surface area (Å²) in [5.41, 5.74) is -6.21. The second-order valence-corrected chi connectivity index (χ2v) is 19.6. The van der Waals surface area contributed by atoms with Crippen LogP contribution in [0.5, 0.6) is 0 Å². The molecule has 0 spiro atoms. The summed E-state index contributed by atoms with van der Waals surface area (Å²) in [4.78, 5) is 29.7. The molecule has 2 aliphatic heterocycles. The highest BCUT2D eigenvalue weighted by Crippen LogP contribution is 2.51. The standard InChI is InChI=1S/C51H96O14/c1-3-5-7-9-11-13-15-17-19-21-23-25-27-29-31-33-40(55)50(63,37-54)51(48-46(61)44(59)42(57)38(35-52)64-48,49-47(62)45(60)43(58)39(36-53)65-49)41(56)34-32-30-28-26-24-22-20-18-16-14-12-10-8-6-4-2/h38-39,42-49,52-54,57-63H,3-37H2,1-2H3/t38-,39-,42+,43+,44+,45+,46-,47-,48?,49?,50?,51?/m1/s1. The van der Waals surface area contributed by atoms with Gasteiger partial charge in [0.05, 0.1) is 19.8 Å². The van der Waals surface area contributed by atoms with Gasteiger partial charge in [-0.2, -0.15) is 0 Å². The Morgan fingerprint density at radius 3 is 0.908 bits per heavy atom. The Morgan fingerprint density at radius 2 is 0.646 bits per heavy atom. The number of ether oxygens (including phenoxy) is 2. The minimum absolute atomic E-state index is 0.211. The fourth-order valence-electron chi connectivity index (χ4n) is 10.3. The van der Waals surface area contributed by atoms with Gasteiger partial charge in [0.2, 0.25) is 0 Å². The maximum absolute atomic E-state index is 15.2. The molecule has 3 unspecified atom stereocenters. The van der Waals surface area contributed by atoms with E-state index in [4.69, 9.17) is 9.47 Å². The molecular weight excluding hydrogens is 837 g/mol. The number of aliphatic hydroxyl groups is 10. The first-order chi connectivity index (χ1) is 31.3. The van der Waals surface area contributed by atoms with Gasteiger partial charge in [-0.05, 0) is 12.8 Å². The lowest BCUT2D eigenvalue weighted by Gasteiger charge is -2.58. The molecule has 0 radical (unpaired) electrons. The molecular formula is C51H96O14. The minimum atomic E-state index is -3.20. The zero-order chi connectivity index (χ0) is 48.1. The van der Waals surface area contributed by atoms with Crippen molar-refractivity contribution in [3.8, 4) is 0 Å². The summed E-state index contributed by atoms with van der Waals surface area (Å²) in [6.45, 7) is 1.11. The van der Waals surface area contributed by atoms with Crippen molar-refractivity contribution in [1.29, 1.82) is 0 Å². The van der Waals surface area contributed by atoms with Crippen LogP contribution >= 0.6 is 0 Å². The monoisotopic (exact) mass is 933 g/mol. The van der Waals surface area contributed by atoms with E-state index in [1.807, 2.05) is 0 Å². The lowest BCUT2D eigenvalue weighted by atomic mass is 9.55. The van der Waals surface area contributed by atoms with Crippen molar-refractivity contribution in [3.05, 3.63) is 0 Å². The van der Waals surface area contributed by atoms with Crippen molar-refractivity contribution in [1.82, 2.24) is 0 Å². The fraction of sp³-hybridized carbons (Fsp3) is 0.961. The van der Waals surface area contributed by atoms with Crippen LogP contribution in [0.1, 0.15) is 219 Å². The summed E-state index contributed by atoms with van der Waals surface area (Å²) in [6.07, 6.45) is 10.9. The third-order valence-electron chi connectivity index (χ3n) is 14.5. The van der Waals surface area contributed by atoms with Gasteiger partial charge < -0.3 is 60.5 Å². The maximum atomic E-state index is 15.2. The van der Waals surface area contributed by atoms with Gasteiger partial charge in [0.25, 0.3) is 0 Å². The Bertz CT molecular complexity index is 1180. The predicted octanol–water partition coefficient (Wildman–Crippen LogP) is 6.04. The second kappa shape index (κ2) is 34.2. The van der Waals surface area contributed by atoms with Crippen molar-refractivity contribution in [2.45, 2.75) is 286 Å². The molecule has 2 heterocycles. The Kier molecular flexibility index (Phi) is 31.6. The molecule has 2 fully saturated rings. The highest BCUT2D eigenvalue weighted by atomic mass is 16.6. The minimum Gasteiger partial charge on any atom is -0.394 e. The summed E-state index contributed by atoms with van der Waals surface area (Å²) >= 11 is 0. The zero-order valence-electron chi connectivity index (χ0n) is 40.6. The molecule has 65 heavy (non-hydrogen) atoms. The summed E-state index contributed by atoms with van der Waals surface area (Å²) in [6, 6.07) is 0. The first-order valence-electron chi connectivity index (χ1n) is 26.4. The van der Waals surface area contributed by atoms with E-state index in [9.17, 15) is 55.9 Å². The van der Waals surface area contributed by atoms with Crippen molar-refractivity contribution >= 4 is 11.6 Å². The van der Waals surface area contributed by atoms with E-state index in [-0.39, 0.29) is 19.3 Å². The van der Waals surface area contributed by atoms with E-state index in [1.165, 1.54) is 109 Å². The van der Waals surface area contributed by atoms with Gasteiger partial charge in [0.15, 0.2) is 11.4 Å². The van der Waals surface area contributed by atoms with E-state index in [0.29, 0.717) is 12.8 Å². The average molecular weight is 933 g/mol. The molecule has 14 heteroatoms. The molecule has 11 atom stereocenters. The van der Waals surface area contributed by atoms with Crippen LogP contribution in [0.4, 0.5) is 0 Å². The number of aliphatic hydroxyl groups excluding tert-OH is 9. The van der Waals surface area contributed by atoms with Gasteiger partial charge in [-0.3, -0.25) is 9.59 Å². The van der Waals surface area contributed by atoms with Crippen LogP contribution in [-0.2, 0) is 19.1 Å². The number of unbranched alkanes of at least 4 members (excludes halogenated alkanes) is 28. The molecule has 0 aromatic rings. The van der Waals surface area contributed by atoms with Crippen LogP contribution in [0, 0.1) is 5.41 Å². The highest BCUT2D eigenvalue weighted by molar-refractivity contribution is 5.98. The SMILES string of the molecule is CCCCCCCCCCCCCCCCCC(=O)C(O)(CO)C(C(=O)CCCCCCCCCCCCCCCCC)(C1O[C@H](CO)[C@H](O)[C@H](O)[C@H]1O)C1O[C@H](CO)[C@H](O)[C@H](O)[C@H]1O. The normalized spacial score (nSPS) is 27.9. The molecule has 0 amide bonds. The number of Topliss-reactive ketones (excluding diaryl/α,β-unsaturated/α-hetero) is 2. The lowest BCUT2D eigenvalue weighted by Crippen LogP contribution is -2.80. The molecule has 14 nitrogen and oxygen atoms in total. The fourth-order valence-corrected chi connectivity index (χ4v) is 10.3. The highest BCUT2D eigenvalue weighted by Gasteiger charge is 2.73. The molecule has 0 aromatic heterocycles. The van der Waals surface area contributed by atoms with Crippen LogP contribution in [0.3, 0.4) is 0 Å². The molecule has 0 aliphatic carbocycles. The van der Waals surface area contributed by atoms with E-state index >= 15 is 4.79 Å². The Morgan fingerprint density at radius 1 is 0.385 bits per heavy atom. The number of rotatable bonds is 40. The summed E-state index contributed by atoms with van der Waals surface area (Å²) in [7, 11) is 0. The Hall–Kier alpha value is -1.14. The van der Waals surface area contributed by atoms with Crippen LogP contribution in [-0.4, -0.2) is 149 Å². The van der Waals surface area contributed by atoms with Crippen molar-refractivity contribution in [2.24, 2.45) is 5.41 Å². The number of ketones is 2. The lowest BCUT2D eigenvalue weighted by molar-refractivity contribution is -0.325. The third kappa shape index (κ3) is 18.3. The first kappa shape index (κ1) is 60.0. The van der Waals surface area contributed by atoms with Gasteiger partial charge in [0.1, 0.15) is 72.2 Å². The number of carbonyl (C=O) groups excluding carboxylic acids is 2. The third-order valence-corrected chi connectivity index (χ3v) is 14.5. The van der Waals surface area contributed by atoms with Crippen molar-refractivity contribution in [2.75, 3.05) is 19.8 Å². The van der Waals surface area contributed by atoms with Gasteiger partial charge in [-0.1, -0.05) is 194 Å². The van der Waals surface area contributed by atoms with E-state index < -0.39 is 110 Å². The summed E-state index contributed by atoms with van der Waals surface area (Å²) < 4.78 is 11.9. The Labute approximate surface area is 391 Å². The van der Waals surface area contributed by atoms with Gasteiger partial charge in [-0.15, -0.1) is 0 Å². The van der Waals surface area contributed by atoms with Crippen molar-refractivity contribution < 1.29 is 70.1 Å². The van der Waals surface area contributed by atoms with Crippen LogP contribution < -0.4 is 0 Å². The van der Waals surface area contributed by atoms with Gasteiger partial charge >= 0.3 is 0 Å². The summed E-state index contributed by atoms with van der Waals surface area (Å²) in [5, 5.41) is 111. The number of hydrogen-bond donors (Lipinski definition) is 10. The molecule has 2 rings (SSSR count). The molecule has 0 bridgehead atoms. The second-order valence-electron chi connectivity index (χ2n) is 19.6. The largest absolute Gasteiger partial charge is 0.394 e. The maximum Gasteiger partial charge on any atom is 0.167 e. The van der Waals surface area contributed by atoms with Crippen LogP contribution in [0.15, 0.2) is 0 Å². The molecule has 2 aliphatic rings. The smallest absolute Gasteiger partial charge is 0.167 e. The molecule has 384 valence electrons. The topological polar surface area (TPSA) is 255 Å². The quantitative estimate of drug-likeness (QED) is 0.0315. The summed E-state index contributed by atoms with van der Waals surface area (Å²) in [5.74, 6) is -2.06. The first-order valence-corrected chi connectivity index (χ1v) is 26.4. The van der Waals surface area contributed by atoms with E-state index in [0.717, 1.165) is 57.8 Å².